The number of nitrogens with one attached hydrogen (secondary N) is 1. The van der Waals surface area contributed by atoms with Crippen LogP contribution < -0.4 is 10.5 Å². The highest BCUT2D eigenvalue weighted by atomic mass is 32.2. The molecule has 1 fully saturated rings. The smallest absolute Gasteiger partial charge is 0.238 e. The Kier molecular flexibility index (Phi) is 6.41. The zero-order chi connectivity index (χ0) is 19.4. The number of nitrogens with zero attached hydrogens (tertiary/aromatic N) is 1. The van der Waals surface area contributed by atoms with Crippen LogP contribution in [0.25, 0.3) is 0 Å². The summed E-state index contributed by atoms with van der Waals surface area (Å²) < 4.78 is 22.5. The van der Waals surface area contributed by atoms with Crippen LogP contribution in [0.4, 0.5) is 0 Å². The Labute approximate surface area is 155 Å². The van der Waals surface area contributed by atoms with Gasteiger partial charge in [0.05, 0.1) is 4.90 Å². The highest BCUT2D eigenvalue weighted by Gasteiger charge is 2.39. The lowest BCUT2D eigenvalue weighted by molar-refractivity contribution is -0.149. The molecule has 144 valence electrons. The number of amides is 2. The number of hydrogen-bond acceptors (Lipinski definition) is 4. The maximum atomic E-state index is 12.6. The predicted octanol–water partition coefficient (Wildman–Crippen LogP) is 1.03. The average molecular weight is 381 g/mol. The van der Waals surface area contributed by atoms with Crippen LogP contribution in [0, 0.1) is 5.41 Å². The van der Waals surface area contributed by atoms with E-state index in [2.05, 4.69) is 5.32 Å². The molecule has 26 heavy (non-hydrogen) atoms. The molecular formula is C18H27N3O4S. The highest BCUT2D eigenvalue weighted by Crippen LogP contribution is 2.22. The number of piperidine rings is 1. The molecule has 0 aliphatic carbocycles. The van der Waals surface area contributed by atoms with Gasteiger partial charge in [0.25, 0.3) is 0 Å². The van der Waals surface area contributed by atoms with Gasteiger partial charge in [-0.15, -0.1) is 0 Å². The van der Waals surface area contributed by atoms with E-state index in [4.69, 9.17) is 5.14 Å². The second-order valence-corrected chi connectivity index (χ2v) is 8.73. The van der Waals surface area contributed by atoms with Crippen molar-refractivity contribution < 1.29 is 18.0 Å². The minimum atomic E-state index is -3.71. The van der Waals surface area contributed by atoms with Gasteiger partial charge in [-0.3, -0.25) is 9.59 Å². The second kappa shape index (κ2) is 8.18. The molecule has 0 bridgehead atoms. The van der Waals surface area contributed by atoms with Gasteiger partial charge in [0, 0.05) is 19.6 Å². The van der Waals surface area contributed by atoms with Gasteiger partial charge < -0.3 is 10.2 Å². The summed E-state index contributed by atoms with van der Waals surface area (Å²) in [6, 6.07) is 6.21. The molecule has 2 amide bonds. The molecule has 0 unspecified atom stereocenters. The van der Waals surface area contributed by atoms with Crippen molar-refractivity contribution in [1.82, 2.24) is 10.2 Å². The third-order valence-electron chi connectivity index (χ3n) is 4.70. The minimum Gasteiger partial charge on any atom is -0.355 e. The Balaban J connectivity index is 1.88. The van der Waals surface area contributed by atoms with Gasteiger partial charge >= 0.3 is 0 Å². The fraction of sp³-hybridized carbons (Fsp3) is 0.556. The van der Waals surface area contributed by atoms with Gasteiger partial charge in [0.1, 0.15) is 5.41 Å². The predicted molar refractivity (Wildman–Crippen MR) is 98.7 cm³/mol. The first-order valence-corrected chi connectivity index (χ1v) is 10.4. The first-order chi connectivity index (χ1) is 12.1. The number of benzene rings is 1. The summed E-state index contributed by atoms with van der Waals surface area (Å²) in [5.74, 6) is -0.429. The molecule has 1 saturated heterocycles. The summed E-state index contributed by atoms with van der Waals surface area (Å²) in [6.07, 6.45) is 3.63. The molecule has 1 aromatic rings. The van der Waals surface area contributed by atoms with E-state index in [9.17, 15) is 18.0 Å². The van der Waals surface area contributed by atoms with Crippen molar-refractivity contribution in [3.8, 4) is 0 Å². The number of rotatable bonds is 6. The SMILES string of the molecule is CC(C)(C(=O)NCCc1ccc(S(N)(=O)=O)cc1)C(=O)N1CCCCC1. The van der Waals surface area contributed by atoms with Crippen molar-refractivity contribution in [3.63, 3.8) is 0 Å². The summed E-state index contributed by atoms with van der Waals surface area (Å²) in [7, 11) is -3.71. The molecule has 2 rings (SSSR count). The van der Waals surface area contributed by atoms with Crippen LogP contribution in [0.1, 0.15) is 38.7 Å². The topological polar surface area (TPSA) is 110 Å². The lowest BCUT2D eigenvalue weighted by atomic mass is 9.89. The lowest BCUT2D eigenvalue weighted by Crippen LogP contribution is -2.51. The molecule has 1 aliphatic heterocycles. The zero-order valence-electron chi connectivity index (χ0n) is 15.3. The number of hydrogen-bond donors (Lipinski definition) is 2. The van der Waals surface area contributed by atoms with E-state index < -0.39 is 15.4 Å². The molecule has 1 heterocycles. The fourth-order valence-electron chi connectivity index (χ4n) is 2.98. The zero-order valence-corrected chi connectivity index (χ0v) is 16.1. The summed E-state index contributed by atoms with van der Waals surface area (Å²) in [6.45, 7) is 5.10. The Morgan fingerprint density at radius 3 is 2.23 bits per heavy atom. The minimum absolute atomic E-state index is 0.0542. The van der Waals surface area contributed by atoms with Crippen molar-refractivity contribution in [3.05, 3.63) is 29.8 Å². The van der Waals surface area contributed by atoms with Gasteiger partial charge in [0.2, 0.25) is 21.8 Å². The van der Waals surface area contributed by atoms with Crippen molar-refractivity contribution in [2.75, 3.05) is 19.6 Å². The third-order valence-corrected chi connectivity index (χ3v) is 5.63. The number of sulfonamides is 1. The normalized spacial score (nSPS) is 15.6. The molecule has 0 spiro atoms. The number of nitrogens with two attached hydrogens (primary N) is 1. The molecular weight excluding hydrogens is 354 g/mol. The van der Waals surface area contributed by atoms with Crippen LogP contribution >= 0.6 is 0 Å². The van der Waals surface area contributed by atoms with Crippen LogP contribution in [-0.2, 0) is 26.0 Å². The number of carbonyl (C=O) groups is 2. The first kappa shape index (κ1) is 20.4. The standard InChI is InChI=1S/C18H27N3O4S/c1-18(2,17(23)21-12-4-3-5-13-21)16(22)20-11-10-14-6-8-15(9-7-14)26(19,24)25/h6-9H,3-5,10-13H2,1-2H3,(H,20,22)(H2,19,24,25). The van der Waals surface area contributed by atoms with Crippen molar-refractivity contribution in [2.24, 2.45) is 10.6 Å². The van der Waals surface area contributed by atoms with E-state index in [-0.39, 0.29) is 16.7 Å². The molecule has 1 aliphatic rings. The molecule has 1 aromatic carbocycles. The maximum absolute atomic E-state index is 12.6. The van der Waals surface area contributed by atoms with Crippen LogP contribution in [-0.4, -0.2) is 44.8 Å². The fourth-order valence-corrected chi connectivity index (χ4v) is 3.49. The second-order valence-electron chi connectivity index (χ2n) is 7.17. The summed E-state index contributed by atoms with van der Waals surface area (Å²) >= 11 is 0. The molecule has 0 atom stereocenters. The van der Waals surface area contributed by atoms with E-state index in [0.29, 0.717) is 26.1 Å². The Bertz CT molecular complexity index is 751. The number of primary sulfonamides is 1. The number of carbonyl (C=O) groups excluding carboxylic acids is 2. The Morgan fingerprint density at radius 1 is 1.12 bits per heavy atom. The summed E-state index contributed by atoms with van der Waals surface area (Å²) in [5, 5.41) is 7.87. The molecule has 0 saturated carbocycles. The van der Waals surface area contributed by atoms with Gasteiger partial charge in [0.15, 0.2) is 0 Å². The summed E-state index contributed by atoms with van der Waals surface area (Å²) in [4.78, 5) is 26.9. The molecule has 0 radical (unpaired) electrons. The lowest BCUT2D eigenvalue weighted by Gasteiger charge is -2.33. The van der Waals surface area contributed by atoms with Crippen LogP contribution in [0.3, 0.4) is 0 Å². The van der Waals surface area contributed by atoms with Crippen LogP contribution in [0.5, 0.6) is 0 Å². The van der Waals surface area contributed by atoms with Gasteiger partial charge in [-0.25, -0.2) is 13.6 Å². The van der Waals surface area contributed by atoms with Crippen LogP contribution in [0.2, 0.25) is 0 Å². The average Bonchev–Trinajstić information content (AvgIpc) is 2.61. The molecule has 7 nitrogen and oxygen atoms in total. The molecule has 3 N–H and O–H groups in total. The van der Waals surface area contributed by atoms with Crippen molar-refractivity contribution in [1.29, 1.82) is 0 Å². The largest absolute Gasteiger partial charge is 0.355 e. The van der Waals surface area contributed by atoms with Gasteiger partial charge in [-0.2, -0.15) is 0 Å². The Hall–Kier alpha value is -1.93. The molecule has 8 heteroatoms. The van der Waals surface area contributed by atoms with Crippen molar-refractivity contribution in [2.45, 2.75) is 44.4 Å². The highest BCUT2D eigenvalue weighted by molar-refractivity contribution is 7.89. The maximum Gasteiger partial charge on any atom is 0.238 e. The molecule has 0 aromatic heterocycles. The van der Waals surface area contributed by atoms with E-state index in [0.717, 1.165) is 24.8 Å². The van der Waals surface area contributed by atoms with E-state index in [1.165, 1.54) is 12.1 Å². The monoisotopic (exact) mass is 381 g/mol. The first-order valence-electron chi connectivity index (χ1n) is 8.82. The number of likely N-dealkylation sites (tertiary alicyclic amines) is 1. The van der Waals surface area contributed by atoms with E-state index >= 15 is 0 Å². The van der Waals surface area contributed by atoms with Gasteiger partial charge in [-0.1, -0.05) is 12.1 Å². The van der Waals surface area contributed by atoms with Gasteiger partial charge in [-0.05, 0) is 57.2 Å². The van der Waals surface area contributed by atoms with E-state index in [1.54, 1.807) is 30.9 Å². The summed E-state index contributed by atoms with van der Waals surface area (Å²) in [5.41, 5.74) is -0.229. The Morgan fingerprint density at radius 2 is 1.69 bits per heavy atom. The quantitative estimate of drug-likeness (QED) is 0.717. The van der Waals surface area contributed by atoms with Crippen LogP contribution in [0.15, 0.2) is 29.2 Å². The van der Waals surface area contributed by atoms with E-state index in [1.807, 2.05) is 0 Å². The third kappa shape index (κ3) is 5.04. The van der Waals surface area contributed by atoms with Crippen molar-refractivity contribution >= 4 is 21.8 Å².